The number of rotatable bonds is 8. The Labute approximate surface area is 141 Å². The SMILES string of the molecule is C=CCN(Cc1ccccc1)C(=O)CCSc1ccc(F)cc1. The minimum absolute atomic E-state index is 0.100. The van der Waals surface area contributed by atoms with E-state index in [1.807, 2.05) is 30.3 Å². The number of carbonyl (C=O) groups excluding carboxylic acids is 1. The minimum Gasteiger partial charge on any atom is -0.335 e. The first kappa shape index (κ1) is 17.3. The van der Waals surface area contributed by atoms with Crippen LogP contribution >= 0.6 is 11.8 Å². The summed E-state index contributed by atoms with van der Waals surface area (Å²) >= 11 is 1.56. The molecule has 0 aliphatic heterocycles. The van der Waals surface area contributed by atoms with Crippen molar-refractivity contribution in [2.24, 2.45) is 0 Å². The van der Waals surface area contributed by atoms with E-state index < -0.39 is 0 Å². The van der Waals surface area contributed by atoms with E-state index in [0.29, 0.717) is 25.3 Å². The minimum atomic E-state index is -0.245. The van der Waals surface area contributed by atoms with Crippen molar-refractivity contribution in [1.82, 2.24) is 4.90 Å². The van der Waals surface area contributed by atoms with Gasteiger partial charge in [-0.15, -0.1) is 18.3 Å². The maximum absolute atomic E-state index is 12.9. The lowest BCUT2D eigenvalue weighted by Gasteiger charge is -2.21. The van der Waals surface area contributed by atoms with Crippen LogP contribution in [-0.4, -0.2) is 23.1 Å². The fourth-order valence-electron chi connectivity index (χ4n) is 2.16. The van der Waals surface area contributed by atoms with Gasteiger partial charge >= 0.3 is 0 Å². The fourth-order valence-corrected chi connectivity index (χ4v) is 3.00. The second-order valence-corrected chi connectivity index (χ2v) is 6.27. The van der Waals surface area contributed by atoms with Crippen LogP contribution < -0.4 is 0 Å². The molecule has 0 fully saturated rings. The van der Waals surface area contributed by atoms with Gasteiger partial charge in [-0.05, 0) is 29.8 Å². The highest BCUT2D eigenvalue weighted by Gasteiger charge is 2.12. The first-order valence-corrected chi connectivity index (χ1v) is 8.48. The fraction of sp³-hybridized carbons (Fsp3) is 0.211. The maximum Gasteiger partial charge on any atom is 0.223 e. The van der Waals surface area contributed by atoms with Gasteiger partial charge in [-0.2, -0.15) is 0 Å². The summed E-state index contributed by atoms with van der Waals surface area (Å²) < 4.78 is 12.9. The molecule has 4 heteroatoms. The van der Waals surface area contributed by atoms with Crippen molar-refractivity contribution in [2.45, 2.75) is 17.9 Å². The first-order valence-electron chi connectivity index (χ1n) is 7.50. The quantitative estimate of drug-likeness (QED) is 0.524. The van der Waals surface area contributed by atoms with Gasteiger partial charge in [0, 0.05) is 30.2 Å². The Morgan fingerprint density at radius 2 is 1.83 bits per heavy atom. The summed E-state index contributed by atoms with van der Waals surface area (Å²) in [4.78, 5) is 15.2. The molecular weight excluding hydrogens is 309 g/mol. The highest BCUT2D eigenvalue weighted by molar-refractivity contribution is 7.99. The molecule has 0 bridgehead atoms. The summed E-state index contributed by atoms with van der Waals surface area (Å²) in [5, 5.41) is 0. The zero-order valence-corrected chi connectivity index (χ0v) is 13.8. The van der Waals surface area contributed by atoms with Gasteiger partial charge in [0.25, 0.3) is 0 Å². The Balaban J connectivity index is 1.85. The smallest absolute Gasteiger partial charge is 0.223 e. The van der Waals surface area contributed by atoms with Crippen LogP contribution in [0.5, 0.6) is 0 Å². The lowest BCUT2D eigenvalue weighted by Crippen LogP contribution is -2.30. The molecule has 0 aromatic heterocycles. The monoisotopic (exact) mass is 329 g/mol. The number of hydrogen-bond donors (Lipinski definition) is 0. The molecule has 0 atom stereocenters. The number of benzene rings is 2. The van der Waals surface area contributed by atoms with Crippen LogP contribution in [0.25, 0.3) is 0 Å². The average Bonchev–Trinajstić information content (AvgIpc) is 2.57. The van der Waals surface area contributed by atoms with Gasteiger partial charge in [-0.25, -0.2) is 4.39 Å². The van der Waals surface area contributed by atoms with Crippen LogP contribution in [-0.2, 0) is 11.3 Å². The molecule has 2 aromatic carbocycles. The topological polar surface area (TPSA) is 20.3 Å². The molecule has 0 saturated heterocycles. The Bertz CT molecular complexity index is 628. The summed E-state index contributed by atoms with van der Waals surface area (Å²) in [5.74, 6) is 0.529. The molecule has 2 rings (SSSR count). The predicted octanol–water partition coefficient (Wildman–Crippen LogP) is 4.52. The second kappa shape index (κ2) is 9.16. The van der Waals surface area contributed by atoms with E-state index in [9.17, 15) is 9.18 Å². The molecule has 0 saturated carbocycles. The third kappa shape index (κ3) is 5.91. The van der Waals surface area contributed by atoms with Crippen LogP contribution in [0.3, 0.4) is 0 Å². The largest absolute Gasteiger partial charge is 0.335 e. The van der Waals surface area contributed by atoms with E-state index in [-0.39, 0.29) is 11.7 Å². The van der Waals surface area contributed by atoms with Crippen LogP contribution in [0.1, 0.15) is 12.0 Å². The van der Waals surface area contributed by atoms with Gasteiger partial charge in [0.15, 0.2) is 0 Å². The van der Waals surface area contributed by atoms with Gasteiger partial charge in [-0.1, -0.05) is 36.4 Å². The predicted molar refractivity (Wildman–Crippen MR) is 93.8 cm³/mol. The van der Waals surface area contributed by atoms with Gasteiger partial charge in [0.05, 0.1) is 0 Å². The number of nitrogens with zero attached hydrogens (tertiary/aromatic N) is 1. The maximum atomic E-state index is 12.9. The molecule has 0 radical (unpaired) electrons. The van der Waals surface area contributed by atoms with Gasteiger partial charge in [0.2, 0.25) is 5.91 Å². The zero-order valence-electron chi connectivity index (χ0n) is 13.0. The van der Waals surface area contributed by atoms with E-state index in [4.69, 9.17) is 0 Å². The Morgan fingerprint density at radius 3 is 2.48 bits per heavy atom. The molecule has 0 N–H and O–H groups in total. The number of thioether (sulfide) groups is 1. The molecular formula is C19H20FNOS. The summed E-state index contributed by atoms with van der Waals surface area (Å²) in [5.41, 5.74) is 1.11. The average molecular weight is 329 g/mol. The lowest BCUT2D eigenvalue weighted by molar-refractivity contribution is -0.130. The highest BCUT2D eigenvalue weighted by atomic mass is 32.2. The standard InChI is InChI=1S/C19H20FNOS/c1-2-13-21(15-16-6-4-3-5-7-16)19(22)12-14-23-18-10-8-17(20)9-11-18/h2-11H,1,12-15H2. The molecule has 0 aliphatic carbocycles. The van der Waals surface area contributed by atoms with Crippen LogP contribution in [0.2, 0.25) is 0 Å². The molecule has 1 amide bonds. The molecule has 0 spiro atoms. The molecule has 0 heterocycles. The number of hydrogen-bond acceptors (Lipinski definition) is 2. The third-order valence-corrected chi connectivity index (χ3v) is 4.33. The summed E-state index contributed by atoms with van der Waals surface area (Å²) in [6.07, 6.45) is 2.19. The van der Waals surface area contributed by atoms with Gasteiger partial charge < -0.3 is 4.90 Å². The van der Waals surface area contributed by atoms with Crippen molar-refractivity contribution in [3.8, 4) is 0 Å². The highest BCUT2D eigenvalue weighted by Crippen LogP contribution is 2.19. The van der Waals surface area contributed by atoms with E-state index in [2.05, 4.69) is 6.58 Å². The van der Waals surface area contributed by atoms with Crippen LogP contribution in [0, 0.1) is 5.82 Å². The number of amides is 1. The summed E-state index contributed by atoms with van der Waals surface area (Å²) in [6, 6.07) is 16.3. The molecule has 23 heavy (non-hydrogen) atoms. The Kier molecular flexibility index (Phi) is 6.88. The Morgan fingerprint density at radius 1 is 1.13 bits per heavy atom. The third-order valence-electron chi connectivity index (χ3n) is 3.32. The van der Waals surface area contributed by atoms with Crippen molar-refractivity contribution in [3.05, 3.63) is 78.6 Å². The Hall–Kier alpha value is -2.07. The van der Waals surface area contributed by atoms with E-state index in [1.165, 1.54) is 12.1 Å². The van der Waals surface area contributed by atoms with Crippen LogP contribution in [0.4, 0.5) is 4.39 Å². The van der Waals surface area contributed by atoms with Crippen molar-refractivity contribution in [3.63, 3.8) is 0 Å². The molecule has 120 valence electrons. The lowest BCUT2D eigenvalue weighted by atomic mass is 10.2. The van der Waals surface area contributed by atoms with Crippen molar-refractivity contribution < 1.29 is 9.18 Å². The molecule has 2 aromatic rings. The van der Waals surface area contributed by atoms with E-state index in [1.54, 1.807) is 34.9 Å². The molecule has 2 nitrogen and oxygen atoms in total. The molecule has 0 aliphatic rings. The summed E-state index contributed by atoms with van der Waals surface area (Å²) in [7, 11) is 0. The van der Waals surface area contributed by atoms with E-state index >= 15 is 0 Å². The van der Waals surface area contributed by atoms with Crippen molar-refractivity contribution >= 4 is 17.7 Å². The van der Waals surface area contributed by atoms with Gasteiger partial charge in [0.1, 0.15) is 5.82 Å². The number of carbonyl (C=O) groups is 1. The molecule has 0 unspecified atom stereocenters. The van der Waals surface area contributed by atoms with E-state index in [0.717, 1.165) is 10.5 Å². The first-order chi connectivity index (χ1) is 11.2. The van der Waals surface area contributed by atoms with Gasteiger partial charge in [-0.3, -0.25) is 4.79 Å². The van der Waals surface area contributed by atoms with Crippen molar-refractivity contribution in [2.75, 3.05) is 12.3 Å². The second-order valence-electron chi connectivity index (χ2n) is 5.10. The zero-order chi connectivity index (χ0) is 16.5. The normalized spacial score (nSPS) is 10.3. The van der Waals surface area contributed by atoms with Crippen molar-refractivity contribution in [1.29, 1.82) is 0 Å². The number of halogens is 1. The summed E-state index contributed by atoms with van der Waals surface area (Å²) in [6.45, 7) is 4.85. The van der Waals surface area contributed by atoms with Crippen LogP contribution in [0.15, 0.2) is 72.1 Å².